The summed E-state index contributed by atoms with van der Waals surface area (Å²) in [5.41, 5.74) is 1.51. The van der Waals surface area contributed by atoms with Gasteiger partial charge in [0.25, 0.3) is 0 Å². The van der Waals surface area contributed by atoms with Gasteiger partial charge in [0.15, 0.2) is 0 Å². The smallest absolute Gasteiger partial charge is 0.122 e. The van der Waals surface area contributed by atoms with Crippen LogP contribution in [0.4, 0.5) is 0 Å². The molecular weight excluding hydrogens is 374 g/mol. The molecule has 3 heterocycles. The molecule has 2 aliphatic rings. The van der Waals surface area contributed by atoms with Crippen molar-refractivity contribution in [3.8, 4) is 0 Å². The summed E-state index contributed by atoms with van der Waals surface area (Å²) in [6.45, 7) is 13.6. The highest BCUT2D eigenvalue weighted by atomic mass is 35.5. The second-order valence-corrected chi connectivity index (χ2v) is 9.19. The summed E-state index contributed by atoms with van der Waals surface area (Å²) >= 11 is 0. The number of imidazole rings is 1. The van der Waals surface area contributed by atoms with Crippen molar-refractivity contribution in [3.63, 3.8) is 0 Å². The van der Waals surface area contributed by atoms with Crippen LogP contribution >= 0.6 is 12.4 Å². The second kappa shape index (κ2) is 8.13. The Balaban J connectivity index is 0.00000225. The lowest BCUT2D eigenvalue weighted by Crippen LogP contribution is -2.36. The zero-order valence-corrected chi connectivity index (χ0v) is 18.4. The van der Waals surface area contributed by atoms with Crippen LogP contribution in [0, 0.1) is 5.41 Å². The molecule has 2 fully saturated rings. The number of nitrogens with zero attached hydrogens (tertiary/aromatic N) is 6. The number of halogens is 1. The van der Waals surface area contributed by atoms with Gasteiger partial charge in [0.1, 0.15) is 5.82 Å². The Bertz CT molecular complexity index is 770. The van der Waals surface area contributed by atoms with Crippen molar-refractivity contribution in [3.05, 3.63) is 30.1 Å². The summed E-state index contributed by atoms with van der Waals surface area (Å²) in [5, 5.41) is 12.3. The first-order chi connectivity index (χ1) is 12.9. The normalized spacial score (nSPS) is 21.1. The van der Waals surface area contributed by atoms with E-state index in [0.29, 0.717) is 11.5 Å². The van der Waals surface area contributed by atoms with E-state index in [9.17, 15) is 0 Å². The van der Waals surface area contributed by atoms with E-state index in [0.717, 1.165) is 44.2 Å². The molecule has 2 aromatic heterocycles. The molecule has 1 saturated heterocycles. The summed E-state index contributed by atoms with van der Waals surface area (Å²) in [6, 6.07) is 0.626. The first-order valence-corrected chi connectivity index (χ1v) is 10.3. The summed E-state index contributed by atoms with van der Waals surface area (Å²) in [5.74, 6) is 1.15. The summed E-state index contributed by atoms with van der Waals surface area (Å²) < 4.78 is 4.22. The van der Waals surface area contributed by atoms with E-state index in [4.69, 9.17) is 0 Å². The molecule has 1 spiro atoms. The van der Waals surface area contributed by atoms with E-state index >= 15 is 0 Å². The predicted octanol–water partition coefficient (Wildman–Crippen LogP) is 2.82. The maximum absolute atomic E-state index is 4.62. The molecular formula is C20H34ClN7. The second-order valence-electron chi connectivity index (χ2n) is 9.19. The van der Waals surface area contributed by atoms with Crippen LogP contribution in [-0.4, -0.2) is 48.6 Å². The Hall–Kier alpha value is -1.44. The molecule has 0 aromatic carbocycles. The first kappa shape index (κ1) is 21.3. The summed E-state index contributed by atoms with van der Waals surface area (Å²) in [7, 11) is 0. The Kier molecular flexibility index (Phi) is 6.17. The number of hydrogen-bond acceptors (Lipinski definition) is 5. The molecule has 7 nitrogen and oxygen atoms in total. The van der Waals surface area contributed by atoms with Gasteiger partial charge in [-0.2, -0.15) is 0 Å². The maximum Gasteiger partial charge on any atom is 0.122 e. The van der Waals surface area contributed by atoms with Gasteiger partial charge in [0.2, 0.25) is 0 Å². The van der Waals surface area contributed by atoms with Crippen LogP contribution in [0.1, 0.15) is 58.5 Å². The van der Waals surface area contributed by atoms with Crippen LogP contribution in [0.25, 0.3) is 0 Å². The topological polar surface area (TPSA) is 63.8 Å². The van der Waals surface area contributed by atoms with E-state index in [1.54, 1.807) is 0 Å². The highest BCUT2D eigenvalue weighted by Crippen LogP contribution is 2.56. The molecule has 156 valence electrons. The van der Waals surface area contributed by atoms with Gasteiger partial charge in [-0.3, -0.25) is 4.90 Å². The van der Waals surface area contributed by atoms with Crippen LogP contribution in [0.3, 0.4) is 0 Å². The number of aromatic nitrogens is 5. The van der Waals surface area contributed by atoms with Crippen molar-refractivity contribution >= 4 is 12.4 Å². The zero-order chi connectivity index (χ0) is 19.1. The zero-order valence-electron chi connectivity index (χ0n) is 17.6. The predicted molar refractivity (Wildman–Crippen MR) is 112 cm³/mol. The van der Waals surface area contributed by atoms with Crippen LogP contribution in [0.5, 0.6) is 0 Å². The van der Waals surface area contributed by atoms with E-state index in [2.05, 4.69) is 70.2 Å². The van der Waals surface area contributed by atoms with Crippen LogP contribution in [0.15, 0.2) is 18.6 Å². The minimum atomic E-state index is -0.0373. The fourth-order valence-electron chi connectivity index (χ4n) is 4.45. The molecule has 8 heteroatoms. The number of hydrogen-bond donors (Lipinski definition) is 1. The Labute approximate surface area is 174 Å². The van der Waals surface area contributed by atoms with Crippen molar-refractivity contribution in [1.82, 2.24) is 34.8 Å². The van der Waals surface area contributed by atoms with Crippen molar-refractivity contribution in [2.75, 3.05) is 13.1 Å². The van der Waals surface area contributed by atoms with Gasteiger partial charge in [-0.1, -0.05) is 5.21 Å². The molecule has 2 aromatic rings. The molecule has 0 amide bonds. The summed E-state index contributed by atoms with van der Waals surface area (Å²) in [4.78, 5) is 7.22. The van der Waals surface area contributed by atoms with E-state index in [1.165, 1.54) is 19.3 Å². The number of rotatable bonds is 6. The fraction of sp³-hybridized carbons (Fsp3) is 0.750. The number of piperidine rings is 1. The van der Waals surface area contributed by atoms with E-state index in [-0.39, 0.29) is 17.9 Å². The molecule has 1 saturated carbocycles. The van der Waals surface area contributed by atoms with E-state index in [1.807, 2.05) is 10.9 Å². The highest BCUT2D eigenvalue weighted by Gasteiger charge is 2.56. The van der Waals surface area contributed by atoms with Gasteiger partial charge in [-0.25, -0.2) is 9.67 Å². The van der Waals surface area contributed by atoms with E-state index < -0.39 is 0 Å². The standard InChI is InChI=1S/C20H33N7.ClH/c1-5-25-11-10-22-18(25)15-26(17-12-20(17)6-8-21-9-7-20)13-16-14-27(24-23-16)19(2,3)4;/h10-11,14,17,21H,5-9,12-13,15H2,1-4H3;1H. The third kappa shape index (κ3) is 4.26. The lowest BCUT2D eigenvalue weighted by molar-refractivity contribution is 0.180. The number of aryl methyl sites for hydroxylation is 1. The van der Waals surface area contributed by atoms with Gasteiger partial charge >= 0.3 is 0 Å². The SMILES string of the molecule is CCn1ccnc1CN(Cc1cn(C(C)(C)C)nn1)C1CC12CCNCC2.Cl. The Morgan fingerprint density at radius 2 is 2.00 bits per heavy atom. The third-order valence-corrected chi connectivity index (χ3v) is 6.27. The average molecular weight is 408 g/mol. The Morgan fingerprint density at radius 1 is 1.25 bits per heavy atom. The lowest BCUT2D eigenvalue weighted by Gasteiger charge is -2.29. The van der Waals surface area contributed by atoms with Crippen molar-refractivity contribution in [1.29, 1.82) is 0 Å². The van der Waals surface area contributed by atoms with Gasteiger partial charge in [0, 0.05) is 31.5 Å². The molecule has 1 aliphatic heterocycles. The van der Waals surface area contributed by atoms with Crippen molar-refractivity contribution in [2.45, 2.75) is 78.2 Å². The first-order valence-electron chi connectivity index (χ1n) is 10.3. The minimum absolute atomic E-state index is 0. The van der Waals surface area contributed by atoms with Gasteiger partial charge in [0.05, 0.1) is 24.0 Å². The van der Waals surface area contributed by atoms with Crippen molar-refractivity contribution < 1.29 is 0 Å². The third-order valence-electron chi connectivity index (χ3n) is 6.27. The van der Waals surface area contributed by atoms with Gasteiger partial charge < -0.3 is 9.88 Å². The minimum Gasteiger partial charge on any atom is -0.334 e. The van der Waals surface area contributed by atoms with Crippen LogP contribution in [-0.2, 0) is 25.2 Å². The van der Waals surface area contributed by atoms with Crippen LogP contribution < -0.4 is 5.32 Å². The molecule has 0 radical (unpaired) electrons. The quantitative estimate of drug-likeness (QED) is 0.797. The highest BCUT2D eigenvalue weighted by molar-refractivity contribution is 5.85. The van der Waals surface area contributed by atoms with Crippen LogP contribution in [0.2, 0.25) is 0 Å². The molecule has 1 aliphatic carbocycles. The maximum atomic E-state index is 4.62. The molecule has 28 heavy (non-hydrogen) atoms. The molecule has 0 bridgehead atoms. The average Bonchev–Trinajstić information content (AvgIpc) is 3.02. The molecule has 1 unspecified atom stereocenters. The molecule has 1 atom stereocenters. The lowest BCUT2D eigenvalue weighted by atomic mass is 9.93. The fourth-order valence-corrected chi connectivity index (χ4v) is 4.45. The number of nitrogens with one attached hydrogen (secondary N) is 1. The monoisotopic (exact) mass is 407 g/mol. The summed E-state index contributed by atoms with van der Waals surface area (Å²) in [6.07, 6.45) is 9.97. The van der Waals surface area contributed by atoms with Crippen molar-refractivity contribution in [2.24, 2.45) is 5.41 Å². The van der Waals surface area contributed by atoms with Gasteiger partial charge in [-0.05, 0) is 65.5 Å². The molecule has 1 N–H and O–H groups in total. The van der Waals surface area contributed by atoms with Gasteiger partial charge in [-0.15, -0.1) is 17.5 Å². The largest absolute Gasteiger partial charge is 0.334 e. The molecule has 4 rings (SSSR count). The Morgan fingerprint density at radius 3 is 2.64 bits per heavy atom.